The van der Waals surface area contributed by atoms with Crippen molar-refractivity contribution in [1.29, 1.82) is 0 Å². The summed E-state index contributed by atoms with van der Waals surface area (Å²) in [6.07, 6.45) is 2.64. The summed E-state index contributed by atoms with van der Waals surface area (Å²) in [4.78, 5) is 14.3. The van der Waals surface area contributed by atoms with Crippen molar-refractivity contribution in [3.05, 3.63) is 35.9 Å². The highest BCUT2D eigenvalue weighted by Crippen LogP contribution is 2.39. The highest BCUT2D eigenvalue weighted by atomic mass is 32.1. The Morgan fingerprint density at radius 3 is 2.81 bits per heavy atom. The van der Waals surface area contributed by atoms with E-state index in [2.05, 4.69) is 25.4 Å². The van der Waals surface area contributed by atoms with Crippen LogP contribution >= 0.6 is 11.3 Å². The van der Waals surface area contributed by atoms with Crippen LogP contribution < -0.4 is 5.32 Å². The van der Waals surface area contributed by atoms with Gasteiger partial charge in [0.1, 0.15) is 29.1 Å². The van der Waals surface area contributed by atoms with Crippen LogP contribution in [-0.4, -0.2) is 47.2 Å². The fraction of sp³-hybridized carbons (Fsp3) is 0.429. The Morgan fingerprint density at radius 2 is 2.10 bits per heavy atom. The van der Waals surface area contributed by atoms with Gasteiger partial charge in [-0.15, -0.1) is 0 Å². The van der Waals surface area contributed by atoms with Gasteiger partial charge in [-0.1, -0.05) is 24.7 Å². The van der Waals surface area contributed by atoms with Gasteiger partial charge in [0.25, 0.3) is 0 Å². The van der Waals surface area contributed by atoms with Gasteiger partial charge in [-0.3, -0.25) is 4.98 Å². The highest BCUT2D eigenvalue weighted by molar-refractivity contribution is 7.21. The summed E-state index contributed by atoms with van der Waals surface area (Å²) in [5, 5.41) is 28.2. The average molecular weight is 443 g/mol. The molecule has 162 valence electrons. The smallest absolute Gasteiger partial charge is 0.187 e. The molecule has 0 bridgehead atoms. The number of alkyl halides is 1. The van der Waals surface area contributed by atoms with Gasteiger partial charge >= 0.3 is 0 Å². The number of nitrogens with one attached hydrogen (secondary N) is 1. The van der Waals surface area contributed by atoms with E-state index in [1.165, 1.54) is 17.7 Å². The Bertz CT molecular complexity index is 1260. The van der Waals surface area contributed by atoms with Crippen molar-refractivity contribution in [3.8, 4) is 11.1 Å². The van der Waals surface area contributed by atoms with Crippen molar-refractivity contribution in [2.75, 3.05) is 5.32 Å². The molecule has 1 fully saturated rings. The predicted molar refractivity (Wildman–Crippen MR) is 117 cm³/mol. The van der Waals surface area contributed by atoms with E-state index in [9.17, 15) is 14.6 Å². The van der Waals surface area contributed by atoms with E-state index in [0.29, 0.717) is 34.8 Å². The van der Waals surface area contributed by atoms with Crippen LogP contribution in [0.4, 0.5) is 9.52 Å². The van der Waals surface area contributed by atoms with Crippen molar-refractivity contribution >= 4 is 32.5 Å². The van der Waals surface area contributed by atoms with Gasteiger partial charge < -0.3 is 15.5 Å². The van der Waals surface area contributed by atoms with Crippen molar-refractivity contribution in [2.24, 2.45) is 5.92 Å². The third-order valence-electron chi connectivity index (χ3n) is 5.66. The zero-order valence-corrected chi connectivity index (χ0v) is 18.0. The number of fused-ring (bicyclic) bond motifs is 3. The number of thiazole rings is 1. The molecule has 4 heterocycles. The molecule has 4 aromatic rings. The Labute approximate surface area is 181 Å². The summed E-state index contributed by atoms with van der Waals surface area (Å²) in [7, 11) is 0. The number of halogens is 1. The summed E-state index contributed by atoms with van der Waals surface area (Å²) in [6.45, 7) is 4.00. The molecule has 0 saturated heterocycles. The fourth-order valence-electron chi connectivity index (χ4n) is 3.81. The first kappa shape index (κ1) is 20.2. The van der Waals surface area contributed by atoms with Crippen LogP contribution in [0.1, 0.15) is 43.5 Å². The molecule has 3 N–H and O–H groups in total. The summed E-state index contributed by atoms with van der Waals surface area (Å²) in [5.41, 5.74) is 4.69. The minimum absolute atomic E-state index is 0.367. The Balaban J connectivity index is 1.55. The molecule has 4 aromatic heterocycles. The molecule has 5 rings (SSSR count). The molecule has 4 atom stereocenters. The van der Waals surface area contributed by atoms with E-state index in [0.717, 1.165) is 27.9 Å². The Morgan fingerprint density at radius 1 is 1.29 bits per heavy atom. The van der Waals surface area contributed by atoms with E-state index in [-0.39, 0.29) is 5.92 Å². The van der Waals surface area contributed by atoms with Gasteiger partial charge in [-0.25, -0.2) is 18.9 Å². The van der Waals surface area contributed by atoms with Gasteiger partial charge in [0, 0.05) is 23.2 Å². The minimum Gasteiger partial charge on any atom is -0.387 e. The number of aliphatic hydroxyl groups excluding tert-OH is 2. The summed E-state index contributed by atoms with van der Waals surface area (Å²) in [5.74, 6) is -0.385. The number of aliphatic hydroxyl groups is 2. The third-order valence-corrected chi connectivity index (χ3v) is 6.64. The maximum absolute atomic E-state index is 13.2. The molecule has 0 spiro atoms. The summed E-state index contributed by atoms with van der Waals surface area (Å²) < 4.78 is 15.0. The first-order chi connectivity index (χ1) is 15.0. The standard InChI is InChI=1S/C21H23FN6O2S/c1-3-4-17(29)15-5-10(2)13(8-23-15)11-7-16-20(28-18(11)24-9-25-28)31-21(26-16)27-19(30)12-6-14(12)22/h5,7-9,12,14,17,19,29-30H,3-4,6H2,1-2H3,(H,26,27)/t12-,14+,17+,19?/m1/s1. The molecule has 0 aromatic carbocycles. The van der Waals surface area contributed by atoms with Crippen molar-refractivity contribution < 1.29 is 14.6 Å². The van der Waals surface area contributed by atoms with Gasteiger partial charge in [-0.2, -0.15) is 5.10 Å². The molecule has 8 nitrogen and oxygen atoms in total. The third kappa shape index (κ3) is 3.64. The van der Waals surface area contributed by atoms with E-state index in [4.69, 9.17) is 0 Å². The summed E-state index contributed by atoms with van der Waals surface area (Å²) >= 11 is 1.33. The number of anilines is 1. The number of pyridine rings is 2. The largest absolute Gasteiger partial charge is 0.387 e. The molecule has 0 aliphatic heterocycles. The second-order valence-electron chi connectivity index (χ2n) is 8.00. The molecule has 31 heavy (non-hydrogen) atoms. The second kappa shape index (κ2) is 7.77. The van der Waals surface area contributed by atoms with Gasteiger partial charge in [0.15, 0.2) is 10.8 Å². The van der Waals surface area contributed by atoms with Crippen molar-refractivity contribution in [2.45, 2.75) is 51.6 Å². The first-order valence-electron chi connectivity index (χ1n) is 10.3. The second-order valence-corrected chi connectivity index (χ2v) is 8.97. The molecule has 1 saturated carbocycles. The number of rotatable bonds is 7. The number of aryl methyl sites for hydroxylation is 1. The molecular formula is C21H23FN6O2S. The quantitative estimate of drug-likeness (QED) is 0.375. The molecule has 10 heteroatoms. The summed E-state index contributed by atoms with van der Waals surface area (Å²) in [6, 6.07) is 3.83. The average Bonchev–Trinajstić information content (AvgIpc) is 3.12. The lowest BCUT2D eigenvalue weighted by Gasteiger charge is -2.12. The lowest BCUT2D eigenvalue weighted by atomic mass is 10.0. The van der Waals surface area contributed by atoms with Crippen molar-refractivity contribution in [1.82, 2.24) is 24.6 Å². The van der Waals surface area contributed by atoms with E-state index < -0.39 is 18.5 Å². The zero-order chi connectivity index (χ0) is 21.7. The number of hydrogen-bond donors (Lipinski definition) is 3. The van der Waals surface area contributed by atoms with Crippen LogP contribution in [0.3, 0.4) is 0 Å². The monoisotopic (exact) mass is 442 g/mol. The topological polar surface area (TPSA) is 108 Å². The van der Waals surface area contributed by atoms with E-state index >= 15 is 0 Å². The van der Waals surface area contributed by atoms with E-state index in [1.807, 2.05) is 26.0 Å². The van der Waals surface area contributed by atoms with Crippen LogP contribution in [0.2, 0.25) is 0 Å². The van der Waals surface area contributed by atoms with Crippen LogP contribution in [0.15, 0.2) is 24.7 Å². The molecule has 0 radical (unpaired) electrons. The molecular weight excluding hydrogens is 419 g/mol. The van der Waals surface area contributed by atoms with E-state index in [1.54, 1.807) is 10.7 Å². The maximum atomic E-state index is 13.2. The zero-order valence-electron chi connectivity index (χ0n) is 17.2. The van der Waals surface area contributed by atoms with Gasteiger partial charge in [0.05, 0.1) is 11.8 Å². The lowest BCUT2D eigenvalue weighted by Crippen LogP contribution is -2.21. The molecule has 1 unspecified atom stereocenters. The lowest BCUT2D eigenvalue weighted by molar-refractivity contribution is 0.161. The SMILES string of the molecule is CCC[C@H](O)c1cc(C)c(-c2cc3nc(NC(O)[C@@H]4C[C@@H]4F)sc3n3ncnc23)cn1. The maximum Gasteiger partial charge on any atom is 0.187 e. The molecule has 1 aliphatic carbocycles. The first-order valence-corrected chi connectivity index (χ1v) is 11.1. The van der Waals surface area contributed by atoms with Crippen molar-refractivity contribution in [3.63, 3.8) is 0 Å². The minimum atomic E-state index is -0.963. The van der Waals surface area contributed by atoms with Gasteiger partial charge in [-0.05, 0) is 37.5 Å². The van der Waals surface area contributed by atoms with Crippen LogP contribution in [-0.2, 0) is 0 Å². The van der Waals surface area contributed by atoms with Crippen LogP contribution in [0.5, 0.6) is 0 Å². The number of nitrogens with zero attached hydrogens (tertiary/aromatic N) is 5. The number of aromatic nitrogens is 5. The van der Waals surface area contributed by atoms with Crippen LogP contribution in [0, 0.1) is 12.8 Å². The number of hydrogen-bond acceptors (Lipinski definition) is 8. The van der Waals surface area contributed by atoms with Crippen LogP contribution in [0.25, 0.3) is 27.1 Å². The predicted octanol–water partition coefficient (Wildman–Crippen LogP) is 3.63. The highest BCUT2D eigenvalue weighted by Gasteiger charge is 2.43. The normalized spacial score (nSPS) is 20.3. The Kier molecular flexibility index (Phi) is 5.07. The molecule has 1 aliphatic rings. The Hall–Kier alpha value is -2.69. The fourth-order valence-corrected chi connectivity index (χ4v) is 4.75. The van der Waals surface area contributed by atoms with Gasteiger partial charge in [0.2, 0.25) is 0 Å². The molecule has 0 amide bonds.